The van der Waals surface area contributed by atoms with E-state index in [1.807, 2.05) is 0 Å². The molecule has 2 aliphatic rings. The Kier molecular flexibility index (Phi) is 2.99. The molecule has 1 aromatic rings. The maximum Gasteiger partial charge on any atom is 0.0409 e. The fourth-order valence-electron chi connectivity index (χ4n) is 2.82. The molecule has 1 heterocycles. The predicted octanol–water partition coefficient (Wildman–Crippen LogP) is 4.83. The highest BCUT2D eigenvalue weighted by Gasteiger charge is 2.36. The minimum Gasteiger partial charge on any atom is -0.122 e. The number of hydrogen-bond donors (Lipinski definition) is 0. The molecule has 1 aliphatic heterocycles. The highest BCUT2D eigenvalue weighted by molar-refractivity contribution is 14.1. The van der Waals surface area contributed by atoms with E-state index in [1.54, 1.807) is 10.5 Å². The fourth-order valence-corrected chi connectivity index (χ4v) is 6.28. The molecule has 0 saturated heterocycles. The monoisotopic (exact) mass is 330 g/mol. The van der Waals surface area contributed by atoms with Crippen LogP contribution in [0.2, 0.25) is 0 Å². The lowest BCUT2D eigenvalue weighted by atomic mass is 9.84. The molecule has 3 rings (SSSR count). The summed E-state index contributed by atoms with van der Waals surface area (Å²) in [7, 11) is 0. The van der Waals surface area contributed by atoms with Crippen molar-refractivity contribution in [3.8, 4) is 0 Å². The van der Waals surface area contributed by atoms with E-state index >= 15 is 0 Å². The molecule has 2 heteroatoms. The largest absolute Gasteiger partial charge is 0.122 e. The summed E-state index contributed by atoms with van der Waals surface area (Å²) in [6.45, 7) is 0. The van der Waals surface area contributed by atoms with Gasteiger partial charge in [-0.25, -0.2) is 0 Å². The summed E-state index contributed by atoms with van der Waals surface area (Å²) in [5.74, 6) is 0.930. The fraction of sp³-hybridized carbons (Fsp3) is 0.538. The van der Waals surface area contributed by atoms with Gasteiger partial charge >= 0.3 is 0 Å². The van der Waals surface area contributed by atoms with Gasteiger partial charge in [-0.2, -0.15) is 0 Å². The zero-order valence-electron chi connectivity index (χ0n) is 8.66. The molecular formula is C13H15IS. The molecule has 0 amide bonds. The Hall–Kier alpha value is 0.300. The molecule has 0 spiro atoms. The maximum absolute atomic E-state index is 2.67. The van der Waals surface area contributed by atoms with E-state index < -0.39 is 0 Å². The van der Waals surface area contributed by atoms with Gasteiger partial charge in [-0.3, -0.25) is 0 Å². The van der Waals surface area contributed by atoms with E-state index in [-0.39, 0.29) is 0 Å². The van der Waals surface area contributed by atoms with Gasteiger partial charge in [0.2, 0.25) is 0 Å². The normalized spacial score (nSPS) is 34.3. The van der Waals surface area contributed by atoms with Crippen LogP contribution in [-0.4, -0.2) is 5.25 Å². The first kappa shape index (κ1) is 10.5. The summed E-state index contributed by atoms with van der Waals surface area (Å²) in [5, 5.41) is 0.899. The van der Waals surface area contributed by atoms with Crippen molar-refractivity contribution in [2.45, 2.75) is 39.8 Å². The van der Waals surface area contributed by atoms with Crippen molar-refractivity contribution in [3.63, 3.8) is 0 Å². The van der Waals surface area contributed by atoms with Crippen LogP contribution in [0.4, 0.5) is 0 Å². The molecule has 0 aromatic heterocycles. The van der Waals surface area contributed by atoms with Crippen LogP contribution in [0.1, 0.15) is 35.2 Å². The van der Waals surface area contributed by atoms with Gasteiger partial charge in [-0.1, -0.05) is 53.6 Å². The Morgan fingerprint density at radius 1 is 1.13 bits per heavy atom. The second-order valence-corrected chi connectivity index (χ2v) is 7.17. The molecule has 1 saturated carbocycles. The van der Waals surface area contributed by atoms with Crippen molar-refractivity contribution < 1.29 is 0 Å². The van der Waals surface area contributed by atoms with Gasteiger partial charge < -0.3 is 0 Å². The van der Waals surface area contributed by atoms with Crippen molar-refractivity contribution >= 4 is 34.4 Å². The predicted molar refractivity (Wildman–Crippen MR) is 74.8 cm³/mol. The highest BCUT2D eigenvalue weighted by atomic mass is 127. The average molecular weight is 330 g/mol. The van der Waals surface area contributed by atoms with Crippen molar-refractivity contribution in [2.75, 3.05) is 0 Å². The van der Waals surface area contributed by atoms with E-state index in [1.165, 1.54) is 25.7 Å². The van der Waals surface area contributed by atoms with Gasteiger partial charge in [0.15, 0.2) is 0 Å². The molecule has 0 radical (unpaired) electrons. The third-order valence-corrected chi connectivity index (χ3v) is 6.73. The third kappa shape index (κ3) is 1.84. The van der Waals surface area contributed by atoms with Gasteiger partial charge in [-0.15, -0.1) is 11.8 Å². The molecule has 1 fully saturated rings. The van der Waals surface area contributed by atoms with Gasteiger partial charge in [0.25, 0.3) is 0 Å². The number of rotatable bonds is 0. The Balaban J connectivity index is 1.98. The zero-order chi connectivity index (χ0) is 10.3. The van der Waals surface area contributed by atoms with Crippen LogP contribution in [0, 0.1) is 5.92 Å². The summed E-state index contributed by atoms with van der Waals surface area (Å²) in [5.41, 5.74) is 1.59. The molecule has 1 aromatic carbocycles. The number of alkyl halides is 1. The van der Waals surface area contributed by atoms with Crippen LogP contribution in [0.15, 0.2) is 29.2 Å². The Bertz CT molecular complexity index is 363. The Labute approximate surface area is 109 Å². The average Bonchev–Trinajstić information content (AvgIpc) is 2.30. The van der Waals surface area contributed by atoms with Gasteiger partial charge in [0.1, 0.15) is 0 Å². The van der Waals surface area contributed by atoms with E-state index in [9.17, 15) is 0 Å². The lowest BCUT2D eigenvalue weighted by Gasteiger charge is -2.39. The third-order valence-electron chi connectivity index (χ3n) is 3.62. The van der Waals surface area contributed by atoms with E-state index in [2.05, 4.69) is 58.6 Å². The summed E-state index contributed by atoms with van der Waals surface area (Å²) in [4.78, 5) is 1.54. The molecule has 0 nitrogen and oxygen atoms in total. The minimum absolute atomic E-state index is 0.755. The van der Waals surface area contributed by atoms with Crippen LogP contribution < -0.4 is 0 Å². The molecule has 80 valence electrons. The molecule has 3 atom stereocenters. The molecule has 15 heavy (non-hydrogen) atoms. The first-order valence-corrected chi connectivity index (χ1v) is 7.88. The lowest BCUT2D eigenvalue weighted by Crippen LogP contribution is -2.28. The quantitative estimate of drug-likeness (QED) is 0.485. The number of hydrogen-bond acceptors (Lipinski definition) is 1. The van der Waals surface area contributed by atoms with E-state index in [0.717, 1.165) is 15.1 Å². The van der Waals surface area contributed by atoms with Gasteiger partial charge in [-0.05, 0) is 30.4 Å². The molecular weight excluding hydrogens is 315 g/mol. The standard InChI is InChI=1S/C13H15IS/c14-13-9-5-1-3-7-11(9)15-12-8-4-2-6-10(12)13/h1,3,5,7,10,12-13H,2,4,6,8H2. The number of thioether (sulfide) groups is 1. The summed E-state index contributed by atoms with van der Waals surface area (Å²) < 4.78 is 0.755. The van der Waals surface area contributed by atoms with Gasteiger partial charge in [0, 0.05) is 14.1 Å². The van der Waals surface area contributed by atoms with Crippen molar-refractivity contribution in [2.24, 2.45) is 5.92 Å². The Morgan fingerprint density at radius 3 is 2.87 bits per heavy atom. The lowest BCUT2D eigenvalue weighted by molar-refractivity contribution is 0.364. The topological polar surface area (TPSA) is 0 Å². The molecule has 0 N–H and O–H groups in total. The van der Waals surface area contributed by atoms with Crippen LogP contribution in [0.25, 0.3) is 0 Å². The number of halogens is 1. The van der Waals surface area contributed by atoms with Crippen LogP contribution in [-0.2, 0) is 0 Å². The summed E-state index contributed by atoms with van der Waals surface area (Å²) in [6, 6.07) is 8.99. The smallest absolute Gasteiger partial charge is 0.0409 e. The summed E-state index contributed by atoms with van der Waals surface area (Å²) in [6.07, 6.45) is 5.77. The van der Waals surface area contributed by atoms with Crippen molar-refractivity contribution in [1.29, 1.82) is 0 Å². The minimum atomic E-state index is 0.755. The first-order valence-electron chi connectivity index (χ1n) is 5.76. The molecule has 0 bridgehead atoms. The zero-order valence-corrected chi connectivity index (χ0v) is 11.6. The second kappa shape index (κ2) is 4.28. The highest BCUT2D eigenvalue weighted by Crippen LogP contribution is 2.53. The van der Waals surface area contributed by atoms with Gasteiger partial charge in [0.05, 0.1) is 0 Å². The first-order chi connectivity index (χ1) is 7.36. The second-order valence-electron chi connectivity index (χ2n) is 4.54. The van der Waals surface area contributed by atoms with Crippen LogP contribution >= 0.6 is 34.4 Å². The number of benzene rings is 1. The van der Waals surface area contributed by atoms with Crippen molar-refractivity contribution in [3.05, 3.63) is 29.8 Å². The van der Waals surface area contributed by atoms with E-state index in [4.69, 9.17) is 0 Å². The summed E-state index contributed by atoms with van der Waals surface area (Å²) >= 11 is 4.81. The van der Waals surface area contributed by atoms with Crippen LogP contribution in [0.5, 0.6) is 0 Å². The maximum atomic E-state index is 2.67. The number of fused-ring (bicyclic) bond motifs is 2. The molecule has 1 aliphatic carbocycles. The molecule has 3 unspecified atom stereocenters. The van der Waals surface area contributed by atoms with Crippen molar-refractivity contribution in [1.82, 2.24) is 0 Å². The Morgan fingerprint density at radius 2 is 1.93 bits per heavy atom. The SMILES string of the molecule is IC1c2ccccc2SC2CCCCC21. The van der Waals surface area contributed by atoms with E-state index in [0.29, 0.717) is 0 Å². The van der Waals surface area contributed by atoms with Crippen LogP contribution in [0.3, 0.4) is 0 Å².